The van der Waals surface area contributed by atoms with E-state index in [0.717, 1.165) is 25.7 Å². The molecular weight excluding hydrogens is 322 g/mol. The minimum Gasteiger partial charge on any atom is -0.464 e. The number of hydrogen-bond acceptors (Lipinski definition) is 5. The number of rotatable bonds is 8. The molecule has 5 nitrogen and oxygen atoms in total. The molecule has 1 heterocycles. The van der Waals surface area contributed by atoms with Crippen molar-refractivity contribution >= 4 is 34.9 Å². The maximum atomic E-state index is 13.3. The van der Waals surface area contributed by atoms with Crippen LogP contribution in [0.4, 0.5) is 10.1 Å². The number of nitrogen functional groups attached to an aromatic ring is 1. The van der Waals surface area contributed by atoms with E-state index in [4.69, 9.17) is 38.4 Å². The number of carbonyl (C=O) groups excluding carboxylic acids is 1. The first-order valence-corrected chi connectivity index (χ1v) is 7.31. The molecule has 2 N–H and O–H groups in total. The van der Waals surface area contributed by atoms with E-state index in [0.29, 0.717) is 6.61 Å². The molecule has 0 bridgehead atoms. The number of pyridine rings is 1. The fourth-order valence-electron chi connectivity index (χ4n) is 1.49. The van der Waals surface area contributed by atoms with Gasteiger partial charge in [0, 0.05) is 0 Å². The van der Waals surface area contributed by atoms with E-state index in [1.54, 1.807) is 0 Å². The highest BCUT2D eigenvalue weighted by atomic mass is 35.5. The average molecular weight is 339 g/mol. The van der Waals surface area contributed by atoms with E-state index in [1.165, 1.54) is 0 Å². The van der Waals surface area contributed by atoms with Gasteiger partial charge in [0.25, 0.3) is 0 Å². The maximum absolute atomic E-state index is 13.3. The smallest absolute Gasteiger partial charge is 0.344 e. The van der Waals surface area contributed by atoms with Gasteiger partial charge in [0.1, 0.15) is 10.0 Å². The molecule has 0 aliphatic rings. The molecule has 1 aromatic heterocycles. The number of hydrogen-bond donors (Lipinski definition) is 1. The molecular formula is C13H17Cl2FN2O3. The van der Waals surface area contributed by atoms with Crippen LogP contribution in [0.3, 0.4) is 0 Å². The molecule has 8 heteroatoms. The van der Waals surface area contributed by atoms with E-state index in [2.05, 4.69) is 11.9 Å². The number of unbranched alkanes of at least 4 members (excludes halogenated alkanes) is 3. The molecule has 0 saturated heterocycles. The molecule has 0 amide bonds. The minimum absolute atomic E-state index is 0.142. The highest BCUT2D eigenvalue weighted by Gasteiger charge is 2.17. The van der Waals surface area contributed by atoms with Gasteiger partial charge in [-0.25, -0.2) is 4.79 Å². The molecule has 0 aliphatic carbocycles. The summed E-state index contributed by atoms with van der Waals surface area (Å²) in [6, 6.07) is 0. The van der Waals surface area contributed by atoms with Crippen molar-refractivity contribution < 1.29 is 18.7 Å². The summed E-state index contributed by atoms with van der Waals surface area (Å²) >= 11 is 11.3. The molecule has 0 atom stereocenters. The third kappa shape index (κ3) is 5.55. The van der Waals surface area contributed by atoms with Gasteiger partial charge in [-0.05, 0) is 6.42 Å². The Labute approximate surface area is 132 Å². The quantitative estimate of drug-likeness (QED) is 0.445. The number of halogens is 3. The lowest BCUT2D eigenvalue weighted by atomic mass is 10.2. The Morgan fingerprint density at radius 3 is 2.67 bits per heavy atom. The summed E-state index contributed by atoms with van der Waals surface area (Å²) in [6.45, 7) is 1.98. The number of carbonyl (C=O) groups is 1. The van der Waals surface area contributed by atoms with Gasteiger partial charge in [0.15, 0.2) is 6.61 Å². The van der Waals surface area contributed by atoms with Crippen LogP contribution in [0, 0.1) is 5.95 Å². The summed E-state index contributed by atoms with van der Waals surface area (Å²) in [6.07, 6.45) is 3.99. The van der Waals surface area contributed by atoms with Gasteiger partial charge >= 0.3 is 5.97 Å². The predicted molar refractivity (Wildman–Crippen MR) is 79.2 cm³/mol. The fourth-order valence-corrected chi connectivity index (χ4v) is 1.87. The number of anilines is 1. The van der Waals surface area contributed by atoms with Crippen LogP contribution >= 0.6 is 23.2 Å². The first kappa shape index (κ1) is 17.8. The summed E-state index contributed by atoms with van der Waals surface area (Å²) in [4.78, 5) is 14.8. The number of nitrogens with zero attached hydrogens (tertiary/aromatic N) is 1. The molecule has 0 unspecified atom stereocenters. The van der Waals surface area contributed by atoms with Crippen molar-refractivity contribution in [3.63, 3.8) is 0 Å². The Hall–Kier alpha value is -1.27. The van der Waals surface area contributed by atoms with E-state index in [1.807, 2.05) is 0 Å². The van der Waals surface area contributed by atoms with Crippen molar-refractivity contribution in [1.82, 2.24) is 4.98 Å². The standard InChI is InChI=1S/C13H17Cl2FN2O3/c1-2-3-4-5-6-20-8(19)7-21-13-10(15)11(17)9(14)12(16)18-13/h2-7H2,1H3,(H2,17,18). The molecule has 0 fully saturated rings. The van der Waals surface area contributed by atoms with Crippen LogP contribution in [0.2, 0.25) is 10.0 Å². The summed E-state index contributed by atoms with van der Waals surface area (Å²) in [7, 11) is 0. The largest absolute Gasteiger partial charge is 0.464 e. The van der Waals surface area contributed by atoms with Crippen LogP contribution in [-0.4, -0.2) is 24.2 Å². The summed E-state index contributed by atoms with van der Waals surface area (Å²) in [5, 5.41) is -0.525. The van der Waals surface area contributed by atoms with E-state index >= 15 is 0 Å². The Balaban J connectivity index is 2.43. The second kappa shape index (κ2) is 8.89. The Bertz CT molecular complexity index is 501. The average Bonchev–Trinajstić information content (AvgIpc) is 2.47. The first-order chi connectivity index (χ1) is 9.97. The van der Waals surface area contributed by atoms with Gasteiger partial charge in [-0.15, -0.1) is 0 Å². The van der Waals surface area contributed by atoms with Crippen LogP contribution in [-0.2, 0) is 9.53 Å². The van der Waals surface area contributed by atoms with Crippen molar-refractivity contribution in [3.8, 4) is 5.88 Å². The number of ether oxygens (including phenoxy) is 2. The monoisotopic (exact) mass is 338 g/mol. The number of aromatic nitrogens is 1. The van der Waals surface area contributed by atoms with Gasteiger partial charge < -0.3 is 15.2 Å². The fraction of sp³-hybridized carbons (Fsp3) is 0.538. The van der Waals surface area contributed by atoms with Crippen molar-refractivity contribution in [1.29, 1.82) is 0 Å². The zero-order chi connectivity index (χ0) is 15.8. The second-order valence-electron chi connectivity index (χ2n) is 4.32. The molecule has 21 heavy (non-hydrogen) atoms. The summed E-state index contributed by atoms with van der Waals surface area (Å²) in [5.41, 5.74) is 5.29. The van der Waals surface area contributed by atoms with Crippen molar-refractivity contribution in [2.45, 2.75) is 32.6 Å². The van der Waals surface area contributed by atoms with E-state index in [9.17, 15) is 9.18 Å². The van der Waals surface area contributed by atoms with Crippen LogP contribution in [0.1, 0.15) is 32.6 Å². The van der Waals surface area contributed by atoms with Crippen LogP contribution in [0.5, 0.6) is 5.88 Å². The predicted octanol–water partition coefficient (Wildman–Crippen LogP) is 3.61. The highest BCUT2D eigenvalue weighted by molar-refractivity contribution is 6.39. The Kier molecular flexibility index (Phi) is 7.53. The van der Waals surface area contributed by atoms with Crippen molar-refractivity contribution in [2.75, 3.05) is 18.9 Å². The van der Waals surface area contributed by atoms with Crippen LogP contribution in [0.15, 0.2) is 0 Å². The van der Waals surface area contributed by atoms with Gasteiger partial charge in [-0.1, -0.05) is 49.4 Å². The van der Waals surface area contributed by atoms with Gasteiger partial charge in [0.05, 0.1) is 12.3 Å². The van der Waals surface area contributed by atoms with Crippen LogP contribution < -0.4 is 10.5 Å². The second-order valence-corrected chi connectivity index (χ2v) is 5.08. The zero-order valence-corrected chi connectivity index (χ0v) is 13.1. The first-order valence-electron chi connectivity index (χ1n) is 6.55. The van der Waals surface area contributed by atoms with Gasteiger partial charge in [-0.3, -0.25) is 0 Å². The molecule has 1 aromatic rings. The molecule has 118 valence electrons. The molecule has 0 aliphatic heterocycles. The molecule has 0 radical (unpaired) electrons. The lowest BCUT2D eigenvalue weighted by Crippen LogP contribution is -2.16. The normalized spacial score (nSPS) is 10.5. The number of nitrogens with two attached hydrogens (primary N) is 1. The minimum atomic E-state index is -1.01. The lowest BCUT2D eigenvalue weighted by molar-refractivity contribution is -0.146. The van der Waals surface area contributed by atoms with E-state index in [-0.39, 0.29) is 21.6 Å². The maximum Gasteiger partial charge on any atom is 0.344 e. The third-order valence-electron chi connectivity index (χ3n) is 2.63. The summed E-state index contributed by atoms with van der Waals surface area (Å²) < 4.78 is 23.2. The molecule has 0 aromatic carbocycles. The zero-order valence-electron chi connectivity index (χ0n) is 11.6. The Morgan fingerprint density at radius 1 is 1.29 bits per heavy atom. The molecule has 0 saturated carbocycles. The highest BCUT2D eigenvalue weighted by Crippen LogP contribution is 2.35. The van der Waals surface area contributed by atoms with Gasteiger partial charge in [-0.2, -0.15) is 9.37 Å². The molecule has 0 spiro atoms. The van der Waals surface area contributed by atoms with Crippen molar-refractivity contribution in [2.24, 2.45) is 0 Å². The lowest BCUT2D eigenvalue weighted by Gasteiger charge is -2.10. The van der Waals surface area contributed by atoms with Crippen LogP contribution in [0.25, 0.3) is 0 Å². The Morgan fingerprint density at radius 2 is 2.00 bits per heavy atom. The SMILES string of the molecule is CCCCCCOC(=O)COc1nc(F)c(Cl)c(N)c1Cl. The molecule has 1 rings (SSSR count). The van der Waals surface area contributed by atoms with Gasteiger partial charge in [0.2, 0.25) is 11.8 Å². The summed E-state index contributed by atoms with van der Waals surface area (Å²) in [5.74, 6) is -1.89. The van der Waals surface area contributed by atoms with Crippen molar-refractivity contribution in [3.05, 3.63) is 16.0 Å². The van der Waals surface area contributed by atoms with E-state index < -0.39 is 18.5 Å². The third-order valence-corrected chi connectivity index (χ3v) is 3.35. The number of esters is 1. The topological polar surface area (TPSA) is 74.4 Å².